The number of hydrogen-bond acceptors (Lipinski definition) is 3. The fourth-order valence-electron chi connectivity index (χ4n) is 0.615. The smallest absolute Gasteiger partial charge is 0.125 e. The molecule has 0 saturated carbocycles. The van der Waals surface area contributed by atoms with Crippen molar-refractivity contribution in [1.82, 2.24) is 0 Å². The molecule has 9 heavy (non-hydrogen) atoms. The van der Waals surface area contributed by atoms with Crippen LogP contribution >= 0.6 is 21.9 Å². The van der Waals surface area contributed by atoms with E-state index in [0.29, 0.717) is 0 Å². The minimum absolute atomic E-state index is 1.17. The van der Waals surface area contributed by atoms with Crippen molar-refractivity contribution in [2.45, 2.75) is 19.3 Å². The molecule has 0 fully saturated rings. The first-order chi connectivity index (χ1) is 4.50. The number of rotatable bonds is 0. The van der Waals surface area contributed by atoms with Crippen LogP contribution < -0.4 is 0 Å². The van der Waals surface area contributed by atoms with Crippen molar-refractivity contribution in [2.24, 2.45) is 0 Å². The fourth-order valence-corrected chi connectivity index (χ4v) is 2.04. The highest BCUT2D eigenvalue weighted by atomic mass is 33.1. The first-order valence-electron chi connectivity index (χ1n) is 3.10. The second-order valence-electron chi connectivity index (χ2n) is 1.85. The van der Waals surface area contributed by atoms with Gasteiger partial charge >= 0.3 is 0 Å². The molecule has 1 rings (SSSR count). The van der Waals surface area contributed by atoms with Gasteiger partial charge in [-0.2, -0.15) is 0 Å². The van der Waals surface area contributed by atoms with Gasteiger partial charge in [-0.15, -0.1) is 0 Å². The summed E-state index contributed by atoms with van der Waals surface area (Å²) in [6.45, 7) is 0. The summed E-state index contributed by atoms with van der Waals surface area (Å²) in [5.74, 6) is 1.21. The Labute approximate surface area is 63.8 Å². The van der Waals surface area contributed by atoms with Crippen LogP contribution in [0.1, 0.15) is 19.3 Å². The van der Waals surface area contributed by atoms with Crippen molar-refractivity contribution in [2.75, 3.05) is 5.75 Å². The summed E-state index contributed by atoms with van der Waals surface area (Å²) in [5, 5.41) is 0. The van der Waals surface area contributed by atoms with Crippen LogP contribution in [0.15, 0.2) is 12.3 Å². The molecule has 1 aliphatic rings. The Bertz CT molecular complexity index is 83.1. The molecule has 0 aromatic heterocycles. The van der Waals surface area contributed by atoms with E-state index in [1.807, 2.05) is 0 Å². The van der Waals surface area contributed by atoms with Gasteiger partial charge in [0.2, 0.25) is 0 Å². The molecule has 1 nitrogen and oxygen atoms in total. The highest BCUT2D eigenvalue weighted by Crippen LogP contribution is 2.25. The molecule has 0 spiro atoms. The van der Waals surface area contributed by atoms with Crippen molar-refractivity contribution < 1.29 is 4.18 Å². The highest BCUT2D eigenvalue weighted by molar-refractivity contribution is 8.74. The molecule has 1 aliphatic heterocycles. The normalized spacial score (nSPS) is 24.9. The zero-order valence-corrected chi connectivity index (χ0v) is 6.84. The molecule has 0 unspecified atom stereocenters. The third kappa shape index (κ3) is 3.76. The minimum atomic E-state index is 1.17. The molecule has 0 radical (unpaired) electrons. The summed E-state index contributed by atoms with van der Waals surface area (Å²) >= 11 is 1.47. The van der Waals surface area contributed by atoms with Crippen LogP contribution in [0.3, 0.4) is 0 Å². The minimum Gasteiger partial charge on any atom is -0.422 e. The monoisotopic (exact) mass is 162 g/mol. The summed E-state index contributed by atoms with van der Waals surface area (Å²) in [6, 6.07) is 0. The molecule has 0 aromatic carbocycles. The Morgan fingerprint density at radius 3 is 3.33 bits per heavy atom. The van der Waals surface area contributed by atoms with E-state index in [0.717, 1.165) is 0 Å². The van der Waals surface area contributed by atoms with Gasteiger partial charge in [0.15, 0.2) is 0 Å². The van der Waals surface area contributed by atoms with E-state index in [4.69, 9.17) is 4.18 Å². The predicted molar refractivity (Wildman–Crippen MR) is 44.1 cm³/mol. The lowest BCUT2D eigenvalue weighted by Crippen LogP contribution is -1.74. The largest absolute Gasteiger partial charge is 0.422 e. The van der Waals surface area contributed by atoms with E-state index in [1.165, 1.54) is 36.1 Å². The van der Waals surface area contributed by atoms with Crippen molar-refractivity contribution in [3.8, 4) is 0 Å². The SMILES string of the molecule is C1=C\OSSCCCC/1. The maximum absolute atomic E-state index is 5.05. The molecule has 52 valence electrons. The van der Waals surface area contributed by atoms with Gasteiger partial charge in [0.1, 0.15) is 11.1 Å². The maximum Gasteiger partial charge on any atom is 0.125 e. The Balaban J connectivity index is 2.15. The van der Waals surface area contributed by atoms with E-state index in [9.17, 15) is 0 Å². The van der Waals surface area contributed by atoms with Crippen LogP contribution in [0.25, 0.3) is 0 Å². The quantitative estimate of drug-likeness (QED) is 0.400. The molecule has 0 bridgehead atoms. The Kier molecular flexibility index (Phi) is 4.13. The number of hydrogen-bond donors (Lipinski definition) is 0. The van der Waals surface area contributed by atoms with Crippen LogP contribution in [0.2, 0.25) is 0 Å². The van der Waals surface area contributed by atoms with Gasteiger partial charge in [-0.05, 0) is 25.3 Å². The van der Waals surface area contributed by atoms with E-state index in [1.54, 1.807) is 17.1 Å². The molecule has 0 amide bonds. The maximum atomic E-state index is 5.05. The second kappa shape index (κ2) is 5.06. The molecule has 3 heteroatoms. The average Bonchev–Trinajstić information content (AvgIpc) is 2.00. The molecule has 0 atom stereocenters. The predicted octanol–water partition coefficient (Wildman–Crippen LogP) is 3.00. The Morgan fingerprint density at radius 2 is 2.33 bits per heavy atom. The van der Waals surface area contributed by atoms with Crippen LogP contribution in [-0.4, -0.2) is 5.75 Å². The molecule has 0 saturated heterocycles. The van der Waals surface area contributed by atoms with E-state index < -0.39 is 0 Å². The summed E-state index contributed by atoms with van der Waals surface area (Å²) < 4.78 is 5.05. The fraction of sp³-hybridized carbons (Fsp3) is 0.667. The summed E-state index contributed by atoms with van der Waals surface area (Å²) in [6.07, 6.45) is 7.64. The first-order valence-corrected chi connectivity index (χ1v) is 5.34. The topological polar surface area (TPSA) is 9.23 Å². The van der Waals surface area contributed by atoms with Crippen LogP contribution in [0.4, 0.5) is 0 Å². The third-order valence-electron chi connectivity index (χ3n) is 1.09. The number of allylic oxidation sites excluding steroid dienone is 1. The lowest BCUT2D eigenvalue weighted by Gasteiger charge is -1.93. The Hall–Kier alpha value is 0.240. The van der Waals surface area contributed by atoms with Gasteiger partial charge in [0, 0.05) is 5.75 Å². The van der Waals surface area contributed by atoms with E-state index >= 15 is 0 Å². The van der Waals surface area contributed by atoms with Gasteiger partial charge in [-0.25, -0.2) is 0 Å². The lowest BCUT2D eigenvalue weighted by atomic mass is 10.2. The van der Waals surface area contributed by atoms with E-state index in [2.05, 4.69) is 6.08 Å². The van der Waals surface area contributed by atoms with Crippen LogP contribution in [0.5, 0.6) is 0 Å². The molecular weight excluding hydrogens is 152 g/mol. The van der Waals surface area contributed by atoms with Gasteiger partial charge in [0.05, 0.1) is 6.26 Å². The highest BCUT2D eigenvalue weighted by Gasteiger charge is 1.92. The van der Waals surface area contributed by atoms with Gasteiger partial charge in [-0.1, -0.05) is 10.8 Å². The van der Waals surface area contributed by atoms with Gasteiger partial charge < -0.3 is 4.18 Å². The zero-order valence-electron chi connectivity index (χ0n) is 5.21. The van der Waals surface area contributed by atoms with Crippen LogP contribution in [-0.2, 0) is 4.18 Å². The molecule has 0 aliphatic carbocycles. The summed E-state index contributed by atoms with van der Waals surface area (Å²) in [5.41, 5.74) is 0. The summed E-state index contributed by atoms with van der Waals surface area (Å²) in [7, 11) is 1.79. The average molecular weight is 162 g/mol. The third-order valence-corrected chi connectivity index (χ3v) is 2.85. The van der Waals surface area contributed by atoms with Crippen molar-refractivity contribution in [3.63, 3.8) is 0 Å². The van der Waals surface area contributed by atoms with E-state index in [-0.39, 0.29) is 0 Å². The lowest BCUT2D eigenvalue weighted by molar-refractivity contribution is 0.570. The van der Waals surface area contributed by atoms with Crippen molar-refractivity contribution in [3.05, 3.63) is 12.3 Å². The standard InChI is InChI=1S/C6H10OS2/c1-2-4-6-8-9-7-5-3-1/h3,5H,1-2,4,6H2/b5-3-. The molecule has 1 heterocycles. The summed E-state index contributed by atoms with van der Waals surface area (Å²) in [4.78, 5) is 0. The Morgan fingerprint density at radius 1 is 1.33 bits per heavy atom. The second-order valence-corrected chi connectivity index (χ2v) is 3.94. The molecule has 0 aromatic rings. The molecule has 0 N–H and O–H groups in total. The van der Waals surface area contributed by atoms with Gasteiger partial charge in [-0.3, -0.25) is 0 Å². The van der Waals surface area contributed by atoms with Crippen LogP contribution in [0, 0.1) is 0 Å². The van der Waals surface area contributed by atoms with Gasteiger partial charge in [0.25, 0.3) is 0 Å². The zero-order chi connectivity index (χ0) is 6.36. The van der Waals surface area contributed by atoms with Crippen molar-refractivity contribution in [1.29, 1.82) is 0 Å². The van der Waals surface area contributed by atoms with Crippen molar-refractivity contribution >= 4 is 21.9 Å². The molecular formula is C6H10OS2. The first kappa shape index (κ1) is 7.35.